The van der Waals surface area contributed by atoms with E-state index in [0.717, 1.165) is 11.1 Å². The minimum atomic E-state index is -1.16. The Labute approximate surface area is 185 Å². The van der Waals surface area contributed by atoms with E-state index in [9.17, 15) is 0 Å². The number of hydrogen-bond acceptors (Lipinski definition) is 0. The fourth-order valence-electron chi connectivity index (χ4n) is 1.35. The predicted molar refractivity (Wildman–Crippen MR) is 141 cm³/mol. The van der Waals surface area contributed by atoms with Crippen LogP contribution < -0.4 is 0 Å². The lowest BCUT2D eigenvalue weighted by Gasteiger charge is -2.44. The number of halogens is 6. The third-order valence-corrected chi connectivity index (χ3v) is 188. The summed E-state index contributed by atoms with van der Waals surface area (Å²) in [5, 5.41) is 0. The molecule has 0 bridgehead atoms. The maximum absolute atomic E-state index is 2.96. The third kappa shape index (κ3) is 5.00. The normalized spacial score (nSPS) is 18.0. The second-order valence-electron chi connectivity index (χ2n) is 4.44. The van der Waals surface area contributed by atoms with Gasteiger partial charge in [-0.1, -0.05) is 40.5 Å². The summed E-state index contributed by atoms with van der Waals surface area (Å²) >= 11 is 17.6. The van der Waals surface area contributed by atoms with Gasteiger partial charge in [0, 0.05) is 0 Å². The van der Waals surface area contributed by atoms with Gasteiger partial charge in [0.15, 0.2) is 0 Å². The van der Waals surface area contributed by atoms with Gasteiger partial charge in [0.1, 0.15) is 0 Å². The molecule has 2 atom stereocenters. The second kappa shape index (κ2) is 8.76. The van der Waals surface area contributed by atoms with E-state index in [2.05, 4.69) is 158 Å². The highest BCUT2D eigenvalue weighted by Gasteiger charge is 2.65. The summed E-state index contributed by atoms with van der Waals surface area (Å²) in [4.78, 5) is 0. The summed E-state index contributed by atoms with van der Waals surface area (Å²) in [5.41, 5.74) is 1.90. The molecule has 0 fully saturated rings. The Morgan fingerprint density at radius 1 is 0.706 bits per heavy atom. The van der Waals surface area contributed by atoms with Gasteiger partial charge in [-0.05, 0) is 11.1 Å². The van der Waals surface area contributed by atoms with Crippen molar-refractivity contribution >= 4 is 138 Å². The van der Waals surface area contributed by atoms with Crippen molar-refractivity contribution in [1.29, 1.82) is 0 Å². The summed E-state index contributed by atoms with van der Waals surface area (Å²) < 4.78 is -3.46. The van der Waals surface area contributed by atoms with E-state index in [1.165, 1.54) is 12.8 Å². The molecule has 0 aromatic carbocycles. The molecule has 9 heteroatoms. The van der Waals surface area contributed by atoms with Crippen molar-refractivity contribution in [3.05, 3.63) is 0 Å². The van der Waals surface area contributed by atoms with Crippen LogP contribution in [0.25, 0.3) is 0 Å². The molecule has 17 heavy (non-hydrogen) atoms. The van der Waals surface area contributed by atoms with E-state index in [-0.39, 0.29) is 0 Å². The molecule has 0 saturated heterocycles. The largest absolute Gasteiger partial charge is 0.219 e. The fourth-order valence-corrected chi connectivity index (χ4v) is 145. The lowest BCUT2D eigenvalue weighted by atomic mass is 10.4. The van der Waals surface area contributed by atoms with Crippen LogP contribution in [0, 0.1) is 0 Å². The molecular weight excluding hydrogens is 942 g/mol. The van der Waals surface area contributed by atoms with Crippen molar-refractivity contribution in [2.45, 2.75) is 51.6 Å². The van der Waals surface area contributed by atoms with Crippen LogP contribution in [0.4, 0.5) is 0 Å². The Bertz CT molecular complexity index is 234. The summed E-state index contributed by atoms with van der Waals surface area (Å²) in [7, 11) is 0. The zero-order chi connectivity index (χ0) is 14.1. The zero-order valence-corrected chi connectivity index (χ0v) is 26.3. The average molecular weight is 960 g/mol. The van der Waals surface area contributed by atoms with Crippen LogP contribution >= 0.6 is 131 Å². The molecule has 0 radical (unpaired) electrons. The van der Waals surface area contributed by atoms with Crippen molar-refractivity contribution in [2.75, 3.05) is 0 Å². The van der Waals surface area contributed by atoms with Crippen molar-refractivity contribution in [2.24, 2.45) is 0 Å². The van der Waals surface area contributed by atoms with Crippen LogP contribution in [0.2, 0.25) is 11.1 Å². The maximum Gasteiger partial charge on any atom is 0.219 e. The first-order chi connectivity index (χ1) is 7.46. The van der Waals surface area contributed by atoms with Crippen LogP contribution in [0.15, 0.2) is 0 Å². The Hall–Kier alpha value is 5.03. The highest BCUT2D eigenvalue weighted by Crippen LogP contribution is 2.60. The molecule has 0 rings (SSSR count). The summed E-state index contributed by atoms with van der Waals surface area (Å²) in [6.07, 6.45) is 2.72. The molecule has 2 unspecified atom stereocenters. The van der Waals surface area contributed by atoms with Gasteiger partial charge in [0.05, 0.1) is 0 Å². The van der Waals surface area contributed by atoms with Gasteiger partial charge in [-0.15, -0.1) is 131 Å². The fraction of sp³-hybridized carbons (Fsp3) is 1.00. The lowest BCUT2D eigenvalue weighted by Crippen LogP contribution is -2.63. The Balaban J connectivity index is 5.38. The predicted octanol–water partition coefficient (Wildman–Crippen LogP) is 7.68. The third-order valence-electron chi connectivity index (χ3n) is 3.30. The van der Waals surface area contributed by atoms with Gasteiger partial charge in [0.25, 0.3) is 0 Å². The van der Waals surface area contributed by atoms with Crippen molar-refractivity contribution in [3.63, 3.8) is 0 Å². The molecule has 0 heterocycles. The molecular formula is C8H18I6Si3. The molecule has 0 aromatic rings. The van der Waals surface area contributed by atoms with Crippen LogP contribution in [0.3, 0.4) is 0 Å². The first-order valence-corrected chi connectivity index (χ1v) is 32.4. The van der Waals surface area contributed by atoms with Crippen LogP contribution in [0.1, 0.15) is 40.5 Å². The van der Waals surface area contributed by atoms with Gasteiger partial charge in [0.2, 0.25) is 7.27 Å². The molecule has 0 aromatic heterocycles. The molecule has 0 spiro atoms. The maximum atomic E-state index is 2.96. The monoisotopic (exact) mass is 959 g/mol. The van der Waals surface area contributed by atoms with E-state index in [0.29, 0.717) is 0 Å². The van der Waals surface area contributed by atoms with Crippen molar-refractivity contribution in [1.82, 2.24) is 0 Å². The van der Waals surface area contributed by atoms with Gasteiger partial charge in [-0.2, -0.15) is 0 Å². The summed E-state index contributed by atoms with van der Waals surface area (Å²) in [5.74, 6) is 0. The van der Waals surface area contributed by atoms with E-state index >= 15 is 0 Å². The zero-order valence-electron chi connectivity index (χ0n) is 10.3. The van der Waals surface area contributed by atoms with Gasteiger partial charge < -0.3 is 0 Å². The van der Waals surface area contributed by atoms with Crippen molar-refractivity contribution in [3.8, 4) is 0 Å². The van der Waals surface area contributed by atoms with Gasteiger partial charge in [-0.3, -0.25) is 0 Å². The first-order valence-electron chi connectivity index (χ1n) is 5.60. The Morgan fingerprint density at radius 3 is 1.12 bits per heavy atom. The molecule has 0 nitrogen and oxygen atoms in total. The van der Waals surface area contributed by atoms with Gasteiger partial charge in [-0.25, -0.2) is 0 Å². The SMILES string of the molecule is CCC(C)[Si](I)(I)[Si](I)(I)[Si](I)(I)C(C)CC. The molecule has 0 aliphatic heterocycles. The molecule has 0 saturated carbocycles. The van der Waals surface area contributed by atoms with Crippen LogP contribution in [-0.4, -0.2) is 7.27 Å². The lowest BCUT2D eigenvalue weighted by molar-refractivity contribution is 0.870. The average Bonchev–Trinajstić information content (AvgIpc) is 2.25. The quantitative estimate of drug-likeness (QED) is 0.146. The molecule has 0 aliphatic rings. The highest BCUT2D eigenvalue weighted by molar-refractivity contribution is 14.3. The van der Waals surface area contributed by atoms with E-state index in [1.54, 1.807) is 0 Å². The standard InChI is InChI=1S/C8H18I6Si3/c1-5-7(3)15(9,10)17(13,14)16(11,12)8(4)6-2/h7-8H,5-6H2,1-4H3. The minimum absolute atomic E-state index is 0.949. The molecule has 0 amide bonds. The number of hydrogen-bond donors (Lipinski definition) is 0. The van der Waals surface area contributed by atoms with E-state index < -0.39 is 7.27 Å². The summed E-state index contributed by atoms with van der Waals surface area (Å²) in [6, 6.07) is 0. The van der Waals surface area contributed by atoms with Crippen LogP contribution in [0.5, 0.6) is 0 Å². The van der Waals surface area contributed by atoms with Crippen molar-refractivity contribution < 1.29 is 0 Å². The van der Waals surface area contributed by atoms with E-state index in [1.807, 2.05) is 0 Å². The summed E-state index contributed by atoms with van der Waals surface area (Å²) in [6.45, 7) is 9.74. The smallest absolute Gasteiger partial charge is 0.108 e. The van der Waals surface area contributed by atoms with E-state index in [4.69, 9.17) is 0 Å². The van der Waals surface area contributed by atoms with Gasteiger partial charge >= 0.3 is 0 Å². The minimum Gasteiger partial charge on any atom is -0.108 e. The first kappa shape index (κ1) is 22.0. The molecule has 104 valence electrons. The Morgan fingerprint density at radius 2 is 0.941 bits per heavy atom. The number of rotatable bonds is 6. The van der Waals surface area contributed by atoms with Crippen LogP contribution in [-0.2, 0) is 0 Å². The molecule has 0 N–H and O–H groups in total. The Kier molecular flexibility index (Phi) is 11.4. The second-order valence-corrected chi connectivity index (χ2v) is 93.9. The highest BCUT2D eigenvalue weighted by atomic mass is 127. The molecule has 0 aliphatic carbocycles. The topological polar surface area (TPSA) is 0 Å².